The maximum absolute atomic E-state index is 11.4. The third-order valence-electron chi connectivity index (χ3n) is 3.25. The number of aliphatic hydroxyl groups excluding tert-OH is 1. The van der Waals surface area contributed by atoms with Crippen molar-refractivity contribution in [3.05, 3.63) is 0 Å². The Hall–Kier alpha value is -1.30. The quantitative estimate of drug-likeness (QED) is 0.535. The van der Waals surface area contributed by atoms with Crippen LogP contribution in [0.25, 0.3) is 0 Å². The molecule has 1 fully saturated rings. The summed E-state index contributed by atoms with van der Waals surface area (Å²) in [7, 11) is 0. The third kappa shape index (κ3) is 4.22. The van der Waals surface area contributed by atoms with Gasteiger partial charge in [0.15, 0.2) is 0 Å². The maximum Gasteiger partial charge on any atom is 0.326 e. The lowest BCUT2D eigenvalue weighted by Crippen LogP contribution is -2.47. The van der Waals surface area contributed by atoms with Gasteiger partial charge in [-0.25, -0.2) is 9.59 Å². The van der Waals surface area contributed by atoms with Gasteiger partial charge in [-0.15, -0.1) is 0 Å². The molecule has 4 N–H and O–H groups in total. The smallest absolute Gasteiger partial charge is 0.326 e. The number of rotatable bonds is 6. The minimum Gasteiger partial charge on any atom is -0.480 e. The number of carbonyl (C=O) groups excluding carboxylic acids is 1. The van der Waals surface area contributed by atoms with Gasteiger partial charge < -0.3 is 20.8 Å². The fourth-order valence-corrected chi connectivity index (χ4v) is 1.74. The van der Waals surface area contributed by atoms with Crippen LogP contribution in [0.3, 0.4) is 0 Å². The Labute approximate surface area is 100 Å². The summed E-state index contributed by atoms with van der Waals surface area (Å²) in [5, 5.41) is 22.4. The van der Waals surface area contributed by atoms with E-state index in [4.69, 9.17) is 10.2 Å². The number of urea groups is 1. The molecule has 0 aromatic rings. The Balaban J connectivity index is 2.25. The van der Waals surface area contributed by atoms with E-state index in [1.54, 1.807) is 0 Å². The first-order valence-corrected chi connectivity index (χ1v) is 5.75. The van der Waals surface area contributed by atoms with Gasteiger partial charge in [0.05, 0.1) is 0 Å². The number of aliphatic hydroxyl groups is 1. The highest BCUT2D eigenvalue weighted by Crippen LogP contribution is 2.50. The monoisotopic (exact) mass is 244 g/mol. The van der Waals surface area contributed by atoms with Crippen molar-refractivity contribution in [2.24, 2.45) is 11.3 Å². The van der Waals surface area contributed by atoms with Gasteiger partial charge in [-0.1, -0.05) is 13.8 Å². The van der Waals surface area contributed by atoms with Crippen LogP contribution in [0.5, 0.6) is 0 Å². The zero-order chi connectivity index (χ0) is 13.1. The van der Waals surface area contributed by atoms with E-state index in [-0.39, 0.29) is 18.4 Å². The van der Waals surface area contributed by atoms with Crippen LogP contribution in [0.1, 0.15) is 26.7 Å². The van der Waals surface area contributed by atoms with E-state index in [2.05, 4.69) is 24.5 Å². The van der Waals surface area contributed by atoms with Crippen molar-refractivity contribution >= 4 is 12.0 Å². The van der Waals surface area contributed by atoms with Gasteiger partial charge in [-0.05, 0) is 17.8 Å². The summed E-state index contributed by atoms with van der Waals surface area (Å²) < 4.78 is 0. The summed E-state index contributed by atoms with van der Waals surface area (Å²) in [4.78, 5) is 22.1. The van der Waals surface area contributed by atoms with Gasteiger partial charge in [0.1, 0.15) is 6.04 Å². The molecule has 6 nitrogen and oxygen atoms in total. The topological polar surface area (TPSA) is 98.7 Å². The predicted molar refractivity (Wildman–Crippen MR) is 61.5 cm³/mol. The average Bonchev–Trinajstić information content (AvgIpc) is 2.83. The van der Waals surface area contributed by atoms with Crippen molar-refractivity contribution in [2.75, 3.05) is 13.2 Å². The van der Waals surface area contributed by atoms with Crippen LogP contribution in [0.2, 0.25) is 0 Å². The summed E-state index contributed by atoms with van der Waals surface area (Å²) in [5.41, 5.74) is 0.282. The zero-order valence-corrected chi connectivity index (χ0v) is 10.2. The number of carbonyl (C=O) groups is 2. The van der Waals surface area contributed by atoms with E-state index in [1.165, 1.54) is 0 Å². The van der Waals surface area contributed by atoms with E-state index in [9.17, 15) is 9.59 Å². The van der Waals surface area contributed by atoms with Gasteiger partial charge in [-0.2, -0.15) is 0 Å². The molecule has 1 rings (SSSR count). The van der Waals surface area contributed by atoms with Crippen molar-refractivity contribution in [1.82, 2.24) is 10.6 Å². The average molecular weight is 244 g/mol. The Bertz CT molecular complexity index is 304. The van der Waals surface area contributed by atoms with Crippen LogP contribution >= 0.6 is 0 Å². The molecule has 0 saturated heterocycles. The number of carboxylic acids is 1. The molecular formula is C11H20N2O4. The summed E-state index contributed by atoms with van der Waals surface area (Å²) in [6.45, 7) is 4.54. The standard InChI is InChI=1S/C11H20N2O4/c1-11(2)5-7(11)6-12-10(17)13-8(3-4-14)9(15)16/h7-8,14H,3-6H2,1-2H3,(H,15,16)(H2,12,13,17). The second-order valence-electron chi connectivity index (χ2n) is 5.15. The molecule has 0 spiro atoms. The van der Waals surface area contributed by atoms with Crippen molar-refractivity contribution in [3.8, 4) is 0 Å². The van der Waals surface area contributed by atoms with Gasteiger partial charge in [-0.3, -0.25) is 0 Å². The fraction of sp³-hybridized carbons (Fsp3) is 0.818. The van der Waals surface area contributed by atoms with Crippen LogP contribution in [0.15, 0.2) is 0 Å². The molecule has 17 heavy (non-hydrogen) atoms. The number of amides is 2. The second kappa shape index (κ2) is 5.35. The number of carboxylic acid groups (broad SMARTS) is 1. The zero-order valence-electron chi connectivity index (χ0n) is 10.2. The van der Waals surface area contributed by atoms with Crippen LogP contribution in [-0.4, -0.2) is 41.4 Å². The number of nitrogens with one attached hydrogen (secondary N) is 2. The summed E-state index contributed by atoms with van der Waals surface area (Å²) in [5.74, 6) is -0.671. The lowest BCUT2D eigenvalue weighted by atomic mass is 10.1. The van der Waals surface area contributed by atoms with Crippen LogP contribution in [0.4, 0.5) is 4.79 Å². The largest absolute Gasteiger partial charge is 0.480 e. The van der Waals surface area contributed by atoms with E-state index in [0.717, 1.165) is 6.42 Å². The van der Waals surface area contributed by atoms with Gasteiger partial charge in [0, 0.05) is 19.6 Å². The van der Waals surface area contributed by atoms with Crippen LogP contribution in [0, 0.1) is 11.3 Å². The van der Waals surface area contributed by atoms with E-state index >= 15 is 0 Å². The van der Waals surface area contributed by atoms with Crippen molar-refractivity contribution in [1.29, 1.82) is 0 Å². The maximum atomic E-state index is 11.4. The molecule has 0 heterocycles. The molecule has 2 atom stereocenters. The predicted octanol–water partition coefficient (Wildman–Crippen LogP) is 0.167. The fourth-order valence-electron chi connectivity index (χ4n) is 1.74. The molecule has 0 bridgehead atoms. The third-order valence-corrected chi connectivity index (χ3v) is 3.25. The highest BCUT2D eigenvalue weighted by atomic mass is 16.4. The molecule has 1 aliphatic carbocycles. The lowest BCUT2D eigenvalue weighted by molar-refractivity contribution is -0.139. The van der Waals surface area contributed by atoms with Crippen molar-refractivity contribution in [2.45, 2.75) is 32.7 Å². The van der Waals surface area contributed by atoms with E-state index in [0.29, 0.717) is 12.5 Å². The molecular weight excluding hydrogens is 224 g/mol. The molecule has 6 heteroatoms. The molecule has 2 amide bonds. The second-order valence-corrected chi connectivity index (χ2v) is 5.15. The Morgan fingerprint density at radius 3 is 2.47 bits per heavy atom. The molecule has 0 aromatic heterocycles. The molecule has 2 unspecified atom stereocenters. The Morgan fingerprint density at radius 2 is 2.06 bits per heavy atom. The normalized spacial score (nSPS) is 22.6. The summed E-state index contributed by atoms with van der Waals surface area (Å²) in [6.07, 6.45) is 1.09. The van der Waals surface area contributed by atoms with Crippen molar-refractivity contribution in [3.63, 3.8) is 0 Å². The Kier molecular flexibility index (Phi) is 4.34. The van der Waals surface area contributed by atoms with E-state index < -0.39 is 18.0 Å². The molecule has 0 radical (unpaired) electrons. The van der Waals surface area contributed by atoms with E-state index in [1.807, 2.05) is 0 Å². The van der Waals surface area contributed by atoms with Gasteiger partial charge in [0.2, 0.25) is 0 Å². The highest BCUT2D eigenvalue weighted by molar-refractivity contribution is 5.82. The number of hydrogen-bond acceptors (Lipinski definition) is 3. The molecule has 0 aliphatic heterocycles. The molecule has 1 saturated carbocycles. The Morgan fingerprint density at radius 1 is 1.47 bits per heavy atom. The molecule has 1 aliphatic rings. The van der Waals surface area contributed by atoms with Crippen LogP contribution in [-0.2, 0) is 4.79 Å². The summed E-state index contributed by atoms with van der Waals surface area (Å²) >= 11 is 0. The molecule has 0 aromatic carbocycles. The van der Waals surface area contributed by atoms with Gasteiger partial charge in [0.25, 0.3) is 0 Å². The first-order chi connectivity index (χ1) is 7.86. The minimum atomic E-state index is -1.14. The minimum absolute atomic E-state index is 0.0116. The van der Waals surface area contributed by atoms with Gasteiger partial charge >= 0.3 is 12.0 Å². The first kappa shape index (κ1) is 13.8. The molecule has 98 valence electrons. The summed E-state index contributed by atoms with van der Waals surface area (Å²) in [6, 6.07) is -1.53. The lowest BCUT2D eigenvalue weighted by Gasteiger charge is -2.14. The highest BCUT2D eigenvalue weighted by Gasteiger charge is 2.45. The number of hydrogen-bond donors (Lipinski definition) is 4. The van der Waals surface area contributed by atoms with Crippen LogP contribution < -0.4 is 10.6 Å². The van der Waals surface area contributed by atoms with Crippen molar-refractivity contribution < 1.29 is 19.8 Å². The SMILES string of the molecule is CC1(C)CC1CNC(=O)NC(CCO)C(=O)O. The first-order valence-electron chi connectivity index (χ1n) is 5.75. The number of aliphatic carboxylic acids is 1.